The summed E-state index contributed by atoms with van der Waals surface area (Å²) in [6.07, 6.45) is 1.39. The first-order chi connectivity index (χ1) is 11.5. The number of nitrogens with one attached hydrogen (secondary N) is 1. The van der Waals surface area contributed by atoms with Crippen LogP contribution in [0.5, 0.6) is 0 Å². The lowest BCUT2D eigenvalue weighted by atomic mass is 9.96. The standard InChI is InChI=1S/C16H28N4O4/c1-3-11(2)14(16(23)19-6-8-24-9-7-19)20-5-4-12(15(20)22)18-10-13(17)21/h11-12,14,18H,3-10H2,1-2H3,(H2,17,21)/t11-,12-,14-/m0/s1. The van der Waals surface area contributed by atoms with Gasteiger partial charge in [0.05, 0.1) is 25.8 Å². The molecule has 8 heteroatoms. The van der Waals surface area contributed by atoms with Crippen molar-refractivity contribution in [3.63, 3.8) is 0 Å². The molecule has 0 saturated carbocycles. The summed E-state index contributed by atoms with van der Waals surface area (Å²) >= 11 is 0. The van der Waals surface area contributed by atoms with Crippen molar-refractivity contribution in [2.24, 2.45) is 11.7 Å². The zero-order valence-electron chi connectivity index (χ0n) is 14.5. The van der Waals surface area contributed by atoms with E-state index in [2.05, 4.69) is 5.32 Å². The van der Waals surface area contributed by atoms with E-state index in [4.69, 9.17) is 10.5 Å². The first-order valence-corrected chi connectivity index (χ1v) is 8.64. The molecule has 0 aromatic rings. The van der Waals surface area contributed by atoms with Crippen LogP contribution in [0.15, 0.2) is 0 Å². The number of amides is 3. The van der Waals surface area contributed by atoms with E-state index < -0.39 is 18.0 Å². The molecule has 0 bridgehead atoms. The minimum atomic E-state index is -0.496. The number of carbonyl (C=O) groups is 3. The highest BCUT2D eigenvalue weighted by Gasteiger charge is 2.42. The Bertz CT molecular complexity index is 479. The molecule has 2 rings (SSSR count). The average molecular weight is 340 g/mol. The molecule has 2 fully saturated rings. The van der Waals surface area contributed by atoms with Gasteiger partial charge in [0.25, 0.3) is 0 Å². The fraction of sp³-hybridized carbons (Fsp3) is 0.812. The van der Waals surface area contributed by atoms with Crippen LogP contribution in [0.2, 0.25) is 0 Å². The minimum absolute atomic E-state index is 0.00319. The van der Waals surface area contributed by atoms with Gasteiger partial charge in [-0.3, -0.25) is 19.7 Å². The second-order valence-electron chi connectivity index (χ2n) is 6.49. The van der Waals surface area contributed by atoms with E-state index in [9.17, 15) is 14.4 Å². The van der Waals surface area contributed by atoms with Gasteiger partial charge < -0.3 is 20.3 Å². The summed E-state index contributed by atoms with van der Waals surface area (Å²) in [7, 11) is 0. The van der Waals surface area contributed by atoms with Crippen molar-refractivity contribution in [2.45, 2.75) is 38.8 Å². The highest BCUT2D eigenvalue weighted by atomic mass is 16.5. The lowest BCUT2D eigenvalue weighted by molar-refractivity contribution is -0.149. The zero-order valence-corrected chi connectivity index (χ0v) is 14.5. The molecule has 0 aromatic carbocycles. The van der Waals surface area contributed by atoms with Gasteiger partial charge in [-0.1, -0.05) is 20.3 Å². The van der Waals surface area contributed by atoms with Gasteiger partial charge in [-0.15, -0.1) is 0 Å². The number of nitrogens with two attached hydrogens (primary N) is 1. The third-order valence-electron chi connectivity index (χ3n) is 4.86. The van der Waals surface area contributed by atoms with Crippen molar-refractivity contribution in [1.29, 1.82) is 0 Å². The smallest absolute Gasteiger partial charge is 0.245 e. The summed E-state index contributed by atoms with van der Waals surface area (Å²) in [5.74, 6) is -0.553. The average Bonchev–Trinajstić information content (AvgIpc) is 2.94. The van der Waals surface area contributed by atoms with Crippen LogP contribution in [0.4, 0.5) is 0 Å². The molecule has 0 unspecified atom stereocenters. The van der Waals surface area contributed by atoms with Crippen molar-refractivity contribution in [1.82, 2.24) is 15.1 Å². The molecule has 0 aliphatic carbocycles. The number of nitrogens with zero attached hydrogens (tertiary/aromatic N) is 2. The van der Waals surface area contributed by atoms with E-state index in [0.29, 0.717) is 39.3 Å². The van der Waals surface area contributed by atoms with Gasteiger partial charge >= 0.3 is 0 Å². The maximum absolute atomic E-state index is 13.0. The Labute approximate surface area is 142 Å². The number of morpholine rings is 1. The number of hydrogen-bond acceptors (Lipinski definition) is 5. The Morgan fingerprint density at radius 1 is 1.33 bits per heavy atom. The third kappa shape index (κ3) is 4.24. The van der Waals surface area contributed by atoms with Crippen LogP contribution in [-0.4, -0.2) is 79.0 Å². The Morgan fingerprint density at radius 3 is 2.58 bits per heavy atom. The molecule has 2 heterocycles. The third-order valence-corrected chi connectivity index (χ3v) is 4.86. The molecular formula is C16H28N4O4. The van der Waals surface area contributed by atoms with Crippen LogP contribution in [0.1, 0.15) is 26.7 Å². The summed E-state index contributed by atoms with van der Waals surface area (Å²) in [4.78, 5) is 40.0. The maximum Gasteiger partial charge on any atom is 0.245 e. The largest absolute Gasteiger partial charge is 0.378 e. The molecular weight excluding hydrogens is 312 g/mol. The van der Waals surface area contributed by atoms with Crippen molar-refractivity contribution >= 4 is 17.7 Å². The van der Waals surface area contributed by atoms with Crippen LogP contribution in [-0.2, 0) is 19.1 Å². The summed E-state index contributed by atoms with van der Waals surface area (Å²) in [5, 5.41) is 2.88. The molecule has 24 heavy (non-hydrogen) atoms. The van der Waals surface area contributed by atoms with E-state index in [1.165, 1.54) is 0 Å². The second kappa shape index (κ2) is 8.43. The number of rotatable bonds is 7. The van der Waals surface area contributed by atoms with Crippen molar-refractivity contribution in [3.05, 3.63) is 0 Å². The van der Waals surface area contributed by atoms with Crippen molar-refractivity contribution in [3.8, 4) is 0 Å². The highest BCUT2D eigenvalue weighted by molar-refractivity contribution is 5.91. The molecule has 3 N–H and O–H groups in total. The number of ether oxygens (including phenoxy) is 1. The number of likely N-dealkylation sites (tertiary alicyclic amines) is 1. The molecule has 0 spiro atoms. The van der Waals surface area contributed by atoms with Gasteiger partial charge in [-0.2, -0.15) is 0 Å². The zero-order chi connectivity index (χ0) is 17.7. The Balaban J connectivity index is 2.08. The van der Waals surface area contributed by atoms with Crippen molar-refractivity contribution in [2.75, 3.05) is 39.4 Å². The van der Waals surface area contributed by atoms with E-state index >= 15 is 0 Å². The molecule has 2 aliphatic heterocycles. The van der Waals surface area contributed by atoms with Crippen LogP contribution in [0.25, 0.3) is 0 Å². The van der Waals surface area contributed by atoms with E-state index in [-0.39, 0.29) is 24.3 Å². The molecule has 0 aromatic heterocycles. The maximum atomic E-state index is 13.0. The van der Waals surface area contributed by atoms with Gasteiger partial charge in [-0.05, 0) is 12.3 Å². The lowest BCUT2D eigenvalue weighted by Gasteiger charge is -2.37. The molecule has 0 radical (unpaired) electrons. The predicted octanol–water partition coefficient (Wildman–Crippen LogP) is -1.06. The molecule has 136 valence electrons. The molecule has 3 amide bonds. The van der Waals surface area contributed by atoms with E-state index in [1.54, 1.807) is 9.80 Å². The van der Waals surface area contributed by atoms with Crippen molar-refractivity contribution < 1.29 is 19.1 Å². The summed E-state index contributed by atoms with van der Waals surface area (Å²) in [6.45, 7) is 6.71. The topological polar surface area (TPSA) is 105 Å². The summed E-state index contributed by atoms with van der Waals surface area (Å²) < 4.78 is 5.31. The fourth-order valence-electron chi connectivity index (χ4n) is 3.27. The number of carbonyl (C=O) groups excluding carboxylic acids is 3. The summed E-state index contributed by atoms with van der Waals surface area (Å²) in [5.41, 5.74) is 5.13. The Hall–Kier alpha value is -1.67. The first-order valence-electron chi connectivity index (χ1n) is 8.64. The molecule has 2 aliphatic rings. The SMILES string of the molecule is CC[C@H](C)[C@@H](C(=O)N1CCOCC1)N1CC[C@H](NCC(N)=O)C1=O. The van der Waals surface area contributed by atoms with E-state index in [1.807, 2.05) is 13.8 Å². The van der Waals surface area contributed by atoms with Crippen LogP contribution in [0, 0.1) is 5.92 Å². The van der Waals surface area contributed by atoms with E-state index in [0.717, 1.165) is 6.42 Å². The van der Waals surface area contributed by atoms with Gasteiger partial charge in [-0.25, -0.2) is 0 Å². The lowest BCUT2D eigenvalue weighted by Crippen LogP contribution is -2.56. The van der Waals surface area contributed by atoms with Gasteiger partial charge in [0, 0.05) is 19.6 Å². The van der Waals surface area contributed by atoms with Gasteiger partial charge in [0.2, 0.25) is 17.7 Å². The first kappa shape index (κ1) is 18.7. The van der Waals surface area contributed by atoms with Gasteiger partial charge in [0.1, 0.15) is 6.04 Å². The second-order valence-corrected chi connectivity index (χ2v) is 6.49. The normalized spacial score (nSPS) is 24.1. The van der Waals surface area contributed by atoms with Crippen LogP contribution in [0.3, 0.4) is 0 Å². The van der Waals surface area contributed by atoms with Crippen LogP contribution < -0.4 is 11.1 Å². The summed E-state index contributed by atoms with van der Waals surface area (Å²) in [6, 6.07) is -0.900. The highest BCUT2D eigenvalue weighted by Crippen LogP contribution is 2.23. The predicted molar refractivity (Wildman–Crippen MR) is 88.0 cm³/mol. The monoisotopic (exact) mass is 340 g/mol. The Morgan fingerprint density at radius 2 is 2.00 bits per heavy atom. The van der Waals surface area contributed by atoms with Crippen LogP contribution >= 0.6 is 0 Å². The molecule has 3 atom stereocenters. The fourth-order valence-corrected chi connectivity index (χ4v) is 3.27. The number of primary amides is 1. The quantitative estimate of drug-likeness (QED) is 0.614. The van der Waals surface area contributed by atoms with Gasteiger partial charge in [0.15, 0.2) is 0 Å². The molecule has 8 nitrogen and oxygen atoms in total. The number of hydrogen-bond donors (Lipinski definition) is 2. The minimum Gasteiger partial charge on any atom is -0.378 e. The molecule has 2 saturated heterocycles. The Kier molecular flexibility index (Phi) is 6.56.